The molecule has 0 aliphatic carbocycles. The highest BCUT2D eigenvalue weighted by Crippen LogP contribution is 2.47. The summed E-state index contributed by atoms with van der Waals surface area (Å²) in [5.41, 5.74) is 0.969. The Bertz CT molecular complexity index is 435. The van der Waals surface area contributed by atoms with Gasteiger partial charge in [-0.2, -0.15) is 0 Å². The van der Waals surface area contributed by atoms with Crippen LogP contribution in [0.2, 0.25) is 0 Å². The Morgan fingerprint density at radius 3 is 2.75 bits per heavy atom. The van der Waals surface area contributed by atoms with Crippen LogP contribution in [0.25, 0.3) is 0 Å². The number of ether oxygens (including phenoxy) is 1. The Morgan fingerprint density at radius 2 is 2.19 bits per heavy atom. The minimum atomic E-state index is -0.926. The first-order valence-corrected chi connectivity index (χ1v) is 5.52. The predicted molar refractivity (Wildman–Crippen MR) is 61.1 cm³/mol. The summed E-state index contributed by atoms with van der Waals surface area (Å²) >= 11 is 0. The number of para-hydroxylation sites is 1. The van der Waals surface area contributed by atoms with Crippen molar-refractivity contribution in [2.24, 2.45) is 0 Å². The molecule has 3 heteroatoms. The fourth-order valence-corrected chi connectivity index (χ4v) is 2.53. The van der Waals surface area contributed by atoms with E-state index in [4.69, 9.17) is 9.84 Å². The molecule has 3 nitrogen and oxygen atoms in total. The van der Waals surface area contributed by atoms with Crippen LogP contribution >= 0.6 is 0 Å². The summed E-state index contributed by atoms with van der Waals surface area (Å²) in [4.78, 5) is 11.1. The van der Waals surface area contributed by atoms with E-state index in [1.807, 2.05) is 19.9 Å². The molecule has 1 atom stereocenters. The fourth-order valence-electron chi connectivity index (χ4n) is 2.53. The monoisotopic (exact) mass is 220 g/mol. The van der Waals surface area contributed by atoms with Crippen molar-refractivity contribution < 1.29 is 14.6 Å². The van der Waals surface area contributed by atoms with Crippen molar-refractivity contribution in [1.29, 1.82) is 0 Å². The van der Waals surface area contributed by atoms with Gasteiger partial charge in [-0.1, -0.05) is 19.1 Å². The van der Waals surface area contributed by atoms with Crippen molar-refractivity contribution in [3.63, 3.8) is 0 Å². The highest BCUT2D eigenvalue weighted by molar-refractivity contribution is 5.91. The van der Waals surface area contributed by atoms with E-state index in [0.29, 0.717) is 5.75 Å². The molecule has 1 aliphatic rings. The Balaban J connectivity index is 2.57. The predicted octanol–water partition coefficient (Wildman–Crippen LogP) is 3.05. The summed E-state index contributed by atoms with van der Waals surface area (Å²) in [6, 6.07) is 5.34. The molecule has 1 aromatic carbocycles. The SMILES string of the molecule is CCC1c2cccc(C(=O)O)c2OC1(C)C. The van der Waals surface area contributed by atoms with Crippen molar-refractivity contribution >= 4 is 5.97 Å². The van der Waals surface area contributed by atoms with Crippen molar-refractivity contribution in [2.75, 3.05) is 0 Å². The zero-order chi connectivity index (χ0) is 11.9. The van der Waals surface area contributed by atoms with Gasteiger partial charge in [0.1, 0.15) is 16.9 Å². The van der Waals surface area contributed by atoms with Crippen molar-refractivity contribution in [1.82, 2.24) is 0 Å². The molecule has 0 saturated heterocycles. The molecule has 16 heavy (non-hydrogen) atoms. The van der Waals surface area contributed by atoms with Gasteiger partial charge in [0.05, 0.1) is 0 Å². The number of benzene rings is 1. The third-order valence-corrected chi connectivity index (χ3v) is 3.26. The van der Waals surface area contributed by atoms with Crippen molar-refractivity contribution in [3.05, 3.63) is 29.3 Å². The second kappa shape index (κ2) is 3.51. The number of carbonyl (C=O) groups is 1. The maximum Gasteiger partial charge on any atom is 0.339 e. The van der Waals surface area contributed by atoms with E-state index in [1.54, 1.807) is 12.1 Å². The van der Waals surface area contributed by atoms with Crippen LogP contribution in [0, 0.1) is 0 Å². The van der Waals surface area contributed by atoms with Gasteiger partial charge in [0.15, 0.2) is 0 Å². The molecule has 0 amide bonds. The number of hydrogen-bond acceptors (Lipinski definition) is 2. The number of carboxylic acids is 1. The molecule has 0 radical (unpaired) electrons. The minimum absolute atomic E-state index is 0.265. The summed E-state index contributed by atoms with van der Waals surface area (Å²) in [6.07, 6.45) is 0.947. The normalized spacial score (nSPS) is 21.3. The lowest BCUT2D eigenvalue weighted by Crippen LogP contribution is -2.29. The van der Waals surface area contributed by atoms with E-state index in [0.717, 1.165) is 12.0 Å². The molecule has 0 bridgehead atoms. The van der Waals surface area contributed by atoms with Crippen LogP contribution in [0.15, 0.2) is 18.2 Å². The second-order valence-corrected chi connectivity index (χ2v) is 4.70. The molecule has 1 N–H and O–H groups in total. The quantitative estimate of drug-likeness (QED) is 0.833. The van der Waals surface area contributed by atoms with Crippen LogP contribution < -0.4 is 4.74 Å². The third kappa shape index (κ3) is 1.47. The molecule has 1 unspecified atom stereocenters. The van der Waals surface area contributed by atoms with Crippen LogP contribution in [-0.4, -0.2) is 16.7 Å². The first-order valence-electron chi connectivity index (χ1n) is 5.52. The van der Waals surface area contributed by atoms with E-state index in [2.05, 4.69) is 6.92 Å². The van der Waals surface area contributed by atoms with E-state index < -0.39 is 5.97 Å². The molecular weight excluding hydrogens is 204 g/mol. The maximum absolute atomic E-state index is 11.1. The highest BCUT2D eigenvalue weighted by Gasteiger charge is 2.41. The van der Waals surface area contributed by atoms with E-state index in [-0.39, 0.29) is 17.1 Å². The summed E-state index contributed by atoms with van der Waals surface area (Å²) < 4.78 is 5.81. The van der Waals surface area contributed by atoms with E-state index in [1.165, 1.54) is 0 Å². The number of aromatic carboxylic acids is 1. The minimum Gasteiger partial charge on any atom is -0.486 e. The van der Waals surface area contributed by atoms with Crippen LogP contribution in [0.1, 0.15) is 49.0 Å². The lowest BCUT2D eigenvalue weighted by molar-refractivity contribution is 0.0679. The molecule has 0 saturated carbocycles. The van der Waals surface area contributed by atoms with Gasteiger partial charge in [-0.15, -0.1) is 0 Å². The van der Waals surface area contributed by atoms with Gasteiger partial charge in [0.2, 0.25) is 0 Å². The standard InChI is InChI=1S/C13H16O3/c1-4-10-8-6-5-7-9(12(14)15)11(8)16-13(10,2)3/h5-7,10H,4H2,1-3H3,(H,14,15). The van der Waals surface area contributed by atoms with Gasteiger partial charge in [0.25, 0.3) is 0 Å². The second-order valence-electron chi connectivity index (χ2n) is 4.70. The molecule has 86 valence electrons. The largest absolute Gasteiger partial charge is 0.486 e. The summed E-state index contributed by atoms with van der Waals surface area (Å²) in [7, 11) is 0. The smallest absolute Gasteiger partial charge is 0.339 e. The molecular formula is C13H16O3. The van der Waals surface area contributed by atoms with Crippen LogP contribution in [0.3, 0.4) is 0 Å². The molecule has 0 spiro atoms. The number of fused-ring (bicyclic) bond motifs is 1. The van der Waals surface area contributed by atoms with Crippen LogP contribution in [0.4, 0.5) is 0 Å². The number of rotatable bonds is 2. The zero-order valence-corrected chi connectivity index (χ0v) is 9.78. The summed E-state index contributed by atoms with van der Waals surface area (Å²) in [6.45, 7) is 6.11. The Hall–Kier alpha value is -1.51. The Kier molecular flexibility index (Phi) is 2.41. The van der Waals surface area contributed by atoms with Crippen LogP contribution in [0.5, 0.6) is 5.75 Å². The maximum atomic E-state index is 11.1. The van der Waals surface area contributed by atoms with Gasteiger partial charge in [-0.05, 0) is 26.3 Å². The molecule has 0 fully saturated rings. The van der Waals surface area contributed by atoms with Gasteiger partial charge in [-0.3, -0.25) is 0 Å². The summed E-state index contributed by atoms with van der Waals surface area (Å²) in [5, 5.41) is 9.10. The van der Waals surface area contributed by atoms with E-state index >= 15 is 0 Å². The lowest BCUT2D eigenvalue weighted by Gasteiger charge is -2.25. The zero-order valence-electron chi connectivity index (χ0n) is 9.78. The lowest BCUT2D eigenvalue weighted by atomic mass is 9.84. The van der Waals surface area contributed by atoms with Crippen molar-refractivity contribution in [2.45, 2.75) is 38.7 Å². The highest BCUT2D eigenvalue weighted by atomic mass is 16.5. The Labute approximate surface area is 95.0 Å². The van der Waals surface area contributed by atoms with E-state index in [9.17, 15) is 4.79 Å². The topological polar surface area (TPSA) is 46.5 Å². The molecule has 0 aromatic heterocycles. The van der Waals surface area contributed by atoms with Gasteiger partial charge in [0, 0.05) is 11.5 Å². The van der Waals surface area contributed by atoms with Crippen molar-refractivity contribution in [3.8, 4) is 5.75 Å². The first-order chi connectivity index (χ1) is 7.47. The molecule has 1 aromatic rings. The first kappa shape index (κ1) is 11.0. The third-order valence-electron chi connectivity index (χ3n) is 3.26. The molecule has 2 rings (SSSR count). The number of hydrogen-bond donors (Lipinski definition) is 1. The average Bonchev–Trinajstić information content (AvgIpc) is 2.46. The van der Waals surface area contributed by atoms with Crippen LogP contribution in [-0.2, 0) is 0 Å². The fraction of sp³-hybridized carbons (Fsp3) is 0.462. The molecule has 1 heterocycles. The average molecular weight is 220 g/mol. The van der Waals surface area contributed by atoms with Gasteiger partial charge >= 0.3 is 5.97 Å². The van der Waals surface area contributed by atoms with Gasteiger partial charge < -0.3 is 9.84 Å². The summed E-state index contributed by atoms with van der Waals surface area (Å²) in [5.74, 6) is -0.113. The van der Waals surface area contributed by atoms with Gasteiger partial charge in [-0.25, -0.2) is 4.79 Å². The number of carboxylic acid groups (broad SMARTS) is 1. The molecule has 1 aliphatic heterocycles. The Morgan fingerprint density at radius 1 is 1.50 bits per heavy atom.